The average molecular weight is 418 g/mol. The first-order chi connectivity index (χ1) is 13.0. The Kier molecular flexibility index (Phi) is 4.68. The Labute approximate surface area is 169 Å². The zero-order chi connectivity index (χ0) is 19.1. The normalized spacial score (nSPS) is 15.9. The van der Waals surface area contributed by atoms with Gasteiger partial charge in [0.2, 0.25) is 5.91 Å². The van der Waals surface area contributed by atoms with Crippen LogP contribution in [0, 0.1) is 0 Å². The summed E-state index contributed by atoms with van der Waals surface area (Å²) in [5.74, 6) is -1.49. The summed E-state index contributed by atoms with van der Waals surface area (Å²) >= 11 is 13.5. The molecule has 1 aliphatic heterocycles. The van der Waals surface area contributed by atoms with E-state index >= 15 is 0 Å². The predicted octanol–water partition coefficient (Wildman–Crippen LogP) is 5.89. The topological polar surface area (TPSA) is 66.4 Å². The van der Waals surface area contributed by atoms with Crippen LogP contribution in [0.1, 0.15) is 32.5 Å². The van der Waals surface area contributed by atoms with Crippen molar-refractivity contribution in [1.82, 2.24) is 0 Å². The van der Waals surface area contributed by atoms with E-state index in [2.05, 4.69) is 5.32 Å². The third-order valence-electron chi connectivity index (χ3n) is 4.51. The van der Waals surface area contributed by atoms with Gasteiger partial charge in [-0.3, -0.25) is 4.79 Å². The highest BCUT2D eigenvalue weighted by atomic mass is 35.5. The molecule has 0 spiro atoms. The highest BCUT2D eigenvalue weighted by Crippen LogP contribution is 2.50. The van der Waals surface area contributed by atoms with Crippen LogP contribution in [-0.2, 0) is 4.79 Å². The molecular weight excluding hydrogens is 405 g/mol. The number of rotatable bonds is 3. The molecule has 1 aromatic heterocycles. The Balaban J connectivity index is 1.95. The molecule has 4 rings (SSSR count). The highest BCUT2D eigenvalue weighted by molar-refractivity contribution is 7.15. The second-order valence-corrected chi connectivity index (χ2v) is 8.08. The molecule has 7 heteroatoms. The van der Waals surface area contributed by atoms with Gasteiger partial charge in [-0.05, 0) is 29.3 Å². The van der Waals surface area contributed by atoms with Crippen molar-refractivity contribution in [3.63, 3.8) is 0 Å². The molecular formula is C20H13Cl2NO3S. The number of carbonyl (C=O) groups is 2. The fraction of sp³-hybridized carbons (Fsp3) is 0.100. The number of aromatic carboxylic acids is 1. The Bertz CT molecular complexity index is 1060. The van der Waals surface area contributed by atoms with Gasteiger partial charge in [0.05, 0.1) is 5.69 Å². The van der Waals surface area contributed by atoms with E-state index in [1.54, 1.807) is 30.3 Å². The minimum atomic E-state index is -1.04. The number of benzene rings is 2. The Morgan fingerprint density at radius 1 is 1.11 bits per heavy atom. The first-order valence-electron chi connectivity index (χ1n) is 8.16. The molecule has 4 nitrogen and oxygen atoms in total. The van der Waals surface area contributed by atoms with Crippen molar-refractivity contribution in [3.05, 3.63) is 73.9 Å². The van der Waals surface area contributed by atoms with Gasteiger partial charge in [0.1, 0.15) is 4.88 Å². The number of carbonyl (C=O) groups excluding carboxylic acids is 1. The molecule has 1 aliphatic rings. The van der Waals surface area contributed by atoms with Crippen LogP contribution in [-0.4, -0.2) is 17.0 Å². The van der Waals surface area contributed by atoms with Crippen LogP contribution in [0.2, 0.25) is 10.0 Å². The quantitative estimate of drug-likeness (QED) is 0.557. The van der Waals surface area contributed by atoms with E-state index in [-0.39, 0.29) is 23.1 Å². The summed E-state index contributed by atoms with van der Waals surface area (Å²) in [5, 5.41) is 13.7. The van der Waals surface area contributed by atoms with Crippen molar-refractivity contribution in [1.29, 1.82) is 0 Å². The summed E-state index contributed by atoms with van der Waals surface area (Å²) in [4.78, 5) is 25.3. The lowest BCUT2D eigenvalue weighted by atomic mass is 9.88. The van der Waals surface area contributed by atoms with Crippen LogP contribution in [0.4, 0.5) is 5.69 Å². The Hall–Kier alpha value is -2.34. The van der Waals surface area contributed by atoms with Gasteiger partial charge in [0.25, 0.3) is 0 Å². The van der Waals surface area contributed by atoms with Crippen molar-refractivity contribution < 1.29 is 14.7 Å². The van der Waals surface area contributed by atoms with Crippen LogP contribution in [0.15, 0.2) is 48.5 Å². The zero-order valence-corrected chi connectivity index (χ0v) is 16.2. The number of carboxylic acid groups (broad SMARTS) is 1. The number of amides is 1. The van der Waals surface area contributed by atoms with E-state index in [0.717, 1.165) is 10.4 Å². The fourth-order valence-corrected chi connectivity index (χ4v) is 4.97. The molecule has 1 atom stereocenters. The molecule has 2 aromatic carbocycles. The van der Waals surface area contributed by atoms with Crippen molar-refractivity contribution in [2.45, 2.75) is 12.3 Å². The summed E-state index contributed by atoms with van der Waals surface area (Å²) in [7, 11) is 0. The van der Waals surface area contributed by atoms with Crippen LogP contribution in [0.25, 0.3) is 11.1 Å². The van der Waals surface area contributed by atoms with E-state index in [9.17, 15) is 14.7 Å². The lowest BCUT2D eigenvalue weighted by molar-refractivity contribution is -0.116. The molecule has 3 aromatic rings. The Morgan fingerprint density at radius 3 is 2.48 bits per heavy atom. The summed E-state index contributed by atoms with van der Waals surface area (Å²) in [6.07, 6.45) is 0.219. The maximum Gasteiger partial charge on any atom is 0.346 e. The van der Waals surface area contributed by atoms with Crippen molar-refractivity contribution in [2.75, 3.05) is 5.32 Å². The van der Waals surface area contributed by atoms with E-state index in [4.69, 9.17) is 23.2 Å². The lowest BCUT2D eigenvalue weighted by Crippen LogP contribution is -2.22. The Morgan fingerprint density at radius 2 is 1.81 bits per heavy atom. The number of halogens is 2. The number of thiophene rings is 1. The van der Waals surface area contributed by atoms with Crippen LogP contribution < -0.4 is 5.32 Å². The summed E-state index contributed by atoms with van der Waals surface area (Å²) in [6.45, 7) is 0. The molecule has 136 valence electrons. The average Bonchev–Trinajstić information content (AvgIpc) is 3.02. The van der Waals surface area contributed by atoms with Crippen LogP contribution in [0.3, 0.4) is 0 Å². The van der Waals surface area contributed by atoms with Gasteiger partial charge in [-0.2, -0.15) is 0 Å². The third-order valence-corrected chi connectivity index (χ3v) is 6.40. The molecule has 27 heavy (non-hydrogen) atoms. The number of nitrogens with one attached hydrogen (secondary N) is 1. The van der Waals surface area contributed by atoms with Gasteiger partial charge in [0.15, 0.2) is 0 Å². The predicted molar refractivity (Wildman–Crippen MR) is 108 cm³/mol. The van der Waals surface area contributed by atoms with E-state index in [0.29, 0.717) is 26.9 Å². The van der Waals surface area contributed by atoms with Gasteiger partial charge in [-0.1, -0.05) is 53.5 Å². The number of hydrogen-bond acceptors (Lipinski definition) is 3. The summed E-state index contributed by atoms with van der Waals surface area (Å²) < 4.78 is 0. The molecule has 0 unspecified atom stereocenters. The molecule has 0 saturated carbocycles. The van der Waals surface area contributed by atoms with E-state index < -0.39 is 5.97 Å². The van der Waals surface area contributed by atoms with Crippen LogP contribution >= 0.6 is 34.5 Å². The molecule has 2 N–H and O–H groups in total. The maximum atomic E-state index is 12.4. The molecule has 2 heterocycles. The minimum Gasteiger partial charge on any atom is -0.477 e. The molecule has 0 saturated heterocycles. The number of fused-ring (bicyclic) bond motifs is 1. The summed E-state index contributed by atoms with van der Waals surface area (Å²) in [5.41, 5.74) is 2.55. The first-order valence-corrected chi connectivity index (χ1v) is 9.73. The smallest absolute Gasteiger partial charge is 0.346 e. The maximum absolute atomic E-state index is 12.4. The van der Waals surface area contributed by atoms with Gasteiger partial charge in [-0.15, -0.1) is 11.3 Å². The van der Waals surface area contributed by atoms with Crippen molar-refractivity contribution in [2.24, 2.45) is 0 Å². The van der Waals surface area contributed by atoms with Gasteiger partial charge < -0.3 is 10.4 Å². The van der Waals surface area contributed by atoms with Gasteiger partial charge >= 0.3 is 5.97 Å². The molecule has 0 bridgehead atoms. The second-order valence-electron chi connectivity index (χ2n) is 6.18. The molecule has 1 amide bonds. The van der Waals surface area contributed by atoms with E-state index in [1.165, 1.54) is 11.3 Å². The molecule has 0 radical (unpaired) electrons. The second kappa shape index (κ2) is 7.00. The highest BCUT2D eigenvalue weighted by Gasteiger charge is 2.35. The standard InChI is InChI=1S/C20H13Cl2NO3S/c21-11-7-5-10(6-8-11)16-17-18(27-19(16)20(25)26)13(9-15(24)23-17)12-3-1-2-4-14(12)22/h1-8,13H,9H2,(H,23,24)(H,25,26)/t13-/m1/s1. The molecule has 0 aliphatic carbocycles. The van der Waals surface area contributed by atoms with Crippen molar-refractivity contribution >= 4 is 52.1 Å². The first kappa shape index (κ1) is 18.0. The third kappa shape index (κ3) is 3.23. The van der Waals surface area contributed by atoms with E-state index in [1.807, 2.05) is 18.2 Å². The monoisotopic (exact) mass is 417 g/mol. The van der Waals surface area contributed by atoms with Gasteiger partial charge in [0, 0.05) is 32.8 Å². The van der Waals surface area contributed by atoms with Crippen LogP contribution in [0.5, 0.6) is 0 Å². The summed E-state index contributed by atoms with van der Waals surface area (Å²) in [6, 6.07) is 14.2. The lowest BCUT2D eigenvalue weighted by Gasteiger charge is -2.24. The SMILES string of the molecule is O=C1C[C@H](c2ccccc2Cl)c2sc(C(=O)O)c(-c3ccc(Cl)cc3)c2N1. The minimum absolute atomic E-state index is 0.169. The number of hydrogen-bond donors (Lipinski definition) is 2. The largest absolute Gasteiger partial charge is 0.477 e. The fourth-order valence-electron chi connectivity index (χ4n) is 3.34. The van der Waals surface area contributed by atoms with Crippen molar-refractivity contribution in [3.8, 4) is 11.1 Å². The number of anilines is 1. The van der Waals surface area contributed by atoms with Gasteiger partial charge in [-0.25, -0.2) is 4.79 Å². The molecule has 0 fully saturated rings. The number of carboxylic acids is 1. The zero-order valence-electron chi connectivity index (χ0n) is 13.8.